The maximum atomic E-state index is 5.11. The number of rotatable bonds is 4. The zero-order valence-electron chi connectivity index (χ0n) is 25.1. The molecular weight excluding hydrogens is 556 g/mol. The predicted molar refractivity (Wildman–Crippen MR) is 194 cm³/mol. The van der Waals surface area contributed by atoms with Crippen LogP contribution in [-0.4, -0.2) is 9.97 Å². The maximum absolute atomic E-state index is 5.11. The molecule has 0 radical (unpaired) electrons. The first-order valence-corrected chi connectivity index (χ1v) is 15.7. The summed E-state index contributed by atoms with van der Waals surface area (Å²) in [4.78, 5) is 9.94. The van der Waals surface area contributed by atoms with Gasteiger partial charge in [0.05, 0.1) is 16.9 Å². The van der Waals surface area contributed by atoms with Gasteiger partial charge >= 0.3 is 0 Å². The molecule has 2 heteroatoms. The van der Waals surface area contributed by atoms with Crippen LogP contribution >= 0.6 is 0 Å². The Kier molecular flexibility index (Phi) is 6.17. The van der Waals surface area contributed by atoms with Crippen molar-refractivity contribution < 1.29 is 0 Å². The lowest BCUT2D eigenvalue weighted by atomic mass is 9.85. The molecule has 0 spiro atoms. The molecule has 0 bridgehead atoms. The summed E-state index contributed by atoms with van der Waals surface area (Å²) in [7, 11) is 0. The molecule has 2 aromatic heterocycles. The van der Waals surface area contributed by atoms with Crippen LogP contribution in [0.3, 0.4) is 0 Å². The monoisotopic (exact) mass is 584 g/mol. The Morgan fingerprint density at radius 2 is 0.826 bits per heavy atom. The molecule has 0 saturated carbocycles. The Balaban J connectivity index is 1.23. The van der Waals surface area contributed by atoms with E-state index in [1.165, 1.54) is 49.2 Å². The van der Waals surface area contributed by atoms with Crippen molar-refractivity contribution in [3.8, 4) is 44.8 Å². The fourth-order valence-corrected chi connectivity index (χ4v) is 7.05. The molecule has 0 unspecified atom stereocenters. The number of para-hydroxylation sites is 1. The van der Waals surface area contributed by atoms with Crippen LogP contribution in [0.1, 0.15) is 0 Å². The van der Waals surface area contributed by atoms with Crippen molar-refractivity contribution in [3.63, 3.8) is 0 Å². The van der Waals surface area contributed by atoms with E-state index in [0.717, 1.165) is 38.8 Å². The molecule has 2 nitrogen and oxygen atoms in total. The van der Waals surface area contributed by atoms with Crippen LogP contribution in [0.5, 0.6) is 0 Å². The van der Waals surface area contributed by atoms with E-state index in [4.69, 9.17) is 9.97 Å². The summed E-state index contributed by atoms with van der Waals surface area (Å²) in [5.74, 6) is 0. The Hall–Kier alpha value is -6.12. The van der Waals surface area contributed by atoms with E-state index < -0.39 is 0 Å². The van der Waals surface area contributed by atoms with E-state index in [1.807, 2.05) is 12.3 Å². The second-order valence-corrected chi connectivity index (χ2v) is 11.7. The molecule has 0 aliphatic heterocycles. The largest absolute Gasteiger partial charge is 0.255 e. The molecule has 9 rings (SSSR count). The maximum Gasteiger partial charge on any atom is 0.0972 e. The number of benzene rings is 7. The van der Waals surface area contributed by atoms with Gasteiger partial charge in [0.25, 0.3) is 0 Å². The van der Waals surface area contributed by atoms with Gasteiger partial charge in [0, 0.05) is 17.0 Å². The number of nitrogens with zero attached hydrogens (tertiary/aromatic N) is 2. The third-order valence-electron chi connectivity index (χ3n) is 9.09. The minimum absolute atomic E-state index is 0.868. The van der Waals surface area contributed by atoms with E-state index in [2.05, 4.69) is 158 Å². The minimum atomic E-state index is 0.868. The van der Waals surface area contributed by atoms with E-state index in [1.54, 1.807) is 0 Å². The lowest BCUT2D eigenvalue weighted by Crippen LogP contribution is -1.93. The number of fused-ring (bicyclic) bond motifs is 5. The second kappa shape index (κ2) is 10.8. The van der Waals surface area contributed by atoms with Crippen molar-refractivity contribution in [2.24, 2.45) is 0 Å². The lowest BCUT2D eigenvalue weighted by Gasteiger charge is -2.18. The molecule has 0 N–H and O–H groups in total. The van der Waals surface area contributed by atoms with Crippen LogP contribution in [0.4, 0.5) is 0 Å². The van der Waals surface area contributed by atoms with Gasteiger partial charge < -0.3 is 0 Å². The first kappa shape index (κ1) is 26.3. The van der Waals surface area contributed by atoms with Gasteiger partial charge in [0.15, 0.2) is 0 Å². The molecule has 0 atom stereocenters. The van der Waals surface area contributed by atoms with Crippen molar-refractivity contribution in [2.45, 2.75) is 0 Å². The molecule has 0 fully saturated rings. The van der Waals surface area contributed by atoms with Gasteiger partial charge in [-0.3, -0.25) is 4.98 Å². The average Bonchev–Trinajstić information content (AvgIpc) is 3.14. The fourth-order valence-electron chi connectivity index (χ4n) is 7.05. The average molecular weight is 585 g/mol. The van der Waals surface area contributed by atoms with Crippen LogP contribution in [0, 0.1) is 0 Å². The Labute approximate surface area is 267 Å². The predicted octanol–water partition coefficient (Wildman–Crippen LogP) is 11.8. The quantitative estimate of drug-likeness (QED) is 0.152. The van der Waals surface area contributed by atoms with Crippen molar-refractivity contribution >= 4 is 43.2 Å². The summed E-state index contributed by atoms with van der Waals surface area (Å²) >= 11 is 0. The van der Waals surface area contributed by atoms with Crippen molar-refractivity contribution in [3.05, 3.63) is 170 Å². The summed E-state index contributed by atoms with van der Waals surface area (Å²) in [5.41, 5.74) is 9.96. The van der Waals surface area contributed by atoms with E-state index in [-0.39, 0.29) is 0 Å². The SMILES string of the molecule is c1ccc(-c2c3ccccc3c(-c3cccc(-c4ccnc(-c5nc6ccccc6c6ccccc56)c4)c3)c3ccccc23)cc1. The van der Waals surface area contributed by atoms with Crippen LogP contribution in [-0.2, 0) is 0 Å². The van der Waals surface area contributed by atoms with Crippen molar-refractivity contribution in [2.75, 3.05) is 0 Å². The third-order valence-corrected chi connectivity index (χ3v) is 9.09. The van der Waals surface area contributed by atoms with Gasteiger partial charge in [0.1, 0.15) is 0 Å². The molecule has 46 heavy (non-hydrogen) atoms. The molecule has 0 aliphatic carbocycles. The second-order valence-electron chi connectivity index (χ2n) is 11.7. The molecular formula is C44H28N2. The van der Waals surface area contributed by atoms with Gasteiger partial charge in [-0.15, -0.1) is 0 Å². The highest BCUT2D eigenvalue weighted by Gasteiger charge is 2.17. The summed E-state index contributed by atoms with van der Waals surface area (Å²) in [5, 5.41) is 8.47. The summed E-state index contributed by atoms with van der Waals surface area (Å²) < 4.78 is 0. The van der Waals surface area contributed by atoms with Crippen LogP contribution in [0.15, 0.2) is 170 Å². The summed E-state index contributed by atoms with van der Waals surface area (Å²) in [6.45, 7) is 0. The standard InChI is InChI=1S/C44H28N2/c1-2-13-29(14-3-1)42-35-19-5-7-21-37(35)43(38-22-8-6-20-36(38)42)32-16-12-15-30(27-32)31-25-26-45-41(28-31)44-39-23-9-4-17-33(39)34-18-10-11-24-40(34)46-44/h1-28H. The van der Waals surface area contributed by atoms with Crippen molar-refractivity contribution in [1.82, 2.24) is 9.97 Å². The number of hydrogen-bond acceptors (Lipinski definition) is 2. The smallest absolute Gasteiger partial charge is 0.0972 e. The van der Waals surface area contributed by atoms with Gasteiger partial charge in [0.2, 0.25) is 0 Å². The van der Waals surface area contributed by atoms with Gasteiger partial charge in [-0.1, -0.05) is 140 Å². The normalized spacial score (nSPS) is 11.5. The summed E-state index contributed by atoms with van der Waals surface area (Å²) in [6, 6.07) is 58.4. The Morgan fingerprint density at radius 3 is 1.52 bits per heavy atom. The molecule has 2 heterocycles. The number of pyridine rings is 2. The molecule has 0 aliphatic rings. The topological polar surface area (TPSA) is 25.8 Å². The lowest BCUT2D eigenvalue weighted by molar-refractivity contribution is 1.29. The van der Waals surface area contributed by atoms with Gasteiger partial charge in [-0.25, -0.2) is 4.98 Å². The van der Waals surface area contributed by atoms with Gasteiger partial charge in [-0.05, 0) is 84.6 Å². The minimum Gasteiger partial charge on any atom is -0.255 e. The van der Waals surface area contributed by atoms with Crippen molar-refractivity contribution in [1.29, 1.82) is 0 Å². The van der Waals surface area contributed by atoms with Crippen LogP contribution < -0.4 is 0 Å². The zero-order chi connectivity index (χ0) is 30.5. The third kappa shape index (κ3) is 4.27. The molecule has 0 amide bonds. The highest BCUT2D eigenvalue weighted by Crippen LogP contribution is 2.44. The Morgan fingerprint density at radius 1 is 0.326 bits per heavy atom. The van der Waals surface area contributed by atoms with Crippen LogP contribution in [0.2, 0.25) is 0 Å². The number of hydrogen-bond donors (Lipinski definition) is 0. The van der Waals surface area contributed by atoms with E-state index in [0.29, 0.717) is 0 Å². The highest BCUT2D eigenvalue weighted by molar-refractivity contribution is 6.21. The molecule has 214 valence electrons. The highest BCUT2D eigenvalue weighted by atomic mass is 14.8. The van der Waals surface area contributed by atoms with Gasteiger partial charge in [-0.2, -0.15) is 0 Å². The van der Waals surface area contributed by atoms with Crippen LogP contribution in [0.25, 0.3) is 88.0 Å². The fraction of sp³-hybridized carbons (Fsp3) is 0. The summed E-state index contributed by atoms with van der Waals surface area (Å²) in [6.07, 6.45) is 1.91. The zero-order valence-corrected chi connectivity index (χ0v) is 25.1. The first-order valence-electron chi connectivity index (χ1n) is 15.7. The first-order chi connectivity index (χ1) is 22.8. The molecule has 9 aromatic rings. The van der Waals surface area contributed by atoms with E-state index in [9.17, 15) is 0 Å². The molecule has 0 saturated heterocycles. The van der Waals surface area contributed by atoms with E-state index >= 15 is 0 Å². The molecule has 7 aromatic carbocycles. The Bertz CT molecular complexity index is 2530. The number of aromatic nitrogens is 2.